The number of hydrogen-bond donors (Lipinski definition) is 2. The van der Waals surface area contributed by atoms with Crippen LogP contribution in [-0.2, 0) is 22.6 Å². The minimum atomic E-state index is -0.958. The second-order valence-electron chi connectivity index (χ2n) is 6.32. The number of hydrogen-bond acceptors (Lipinski definition) is 3. The Bertz CT molecular complexity index is 879. The summed E-state index contributed by atoms with van der Waals surface area (Å²) >= 11 is 0. The summed E-state index contributed by atoms with van der Waals surface area (Å²) in [6.45, 7) is 0.273. The third-order valence-corrected chi connectivity index (χ3v) is 4.46. The average molecular weight is 361 g/mol. The first-order valence-electron chi connectivity index (χ1n) is 8.92. The maximum absolute atomic E-state index is 11.7. The Hall–Kier alpha value is -3.11. The van der Waals surface area contributed by atoms with Gasteiger partial charge in [-0.2, -0.15) is 0 Å². The van der Waals surface area contributed by atoms with E-state index >= 15 is 0 Å². The summed E-state index contributed by atoms with van der Waals surface area (Å²) in [6.07, 6.45) is -0.604. The third kappa shape index (κ3) is 4.96. The highest BCUT2D eigenvalue weighted by molar-refractivity contribution is 5.74. The molecule has 0 fully saturated rings. The van der Waals surface area contributed by atoms with Crippen LogP contribution < -0.4 is 5.32 Å². The molecular weight excluding hydrogens is 338 g/mol. The third-order valence-electron chi connectivity index (χ3n) is 4.46. The van der Waals surface area contributed by atoms with Crippen LogP contribution in [0.25, 0.3) is 11.1 Å². The fourth-order valence-electron chi connectivity index (χ4n) is 2.99. The van der Waals surface area contributed by atoms with E-state index in [-0.39, 0.29) is 6.61 Å². The van der Waals surface area contributed by atoms with E-state index in [1.807, 2.05) is 73.8 Å². The maximum Gasteiger partial charge on any atom is 0.333 e. The number of carboxylic acids is 1. The Balaban J connectivity index is 1.76. The number of benzene rings is 3. The Kier molecular flexibility index (Phi) is 6.23. The van der Waals surface area contributed by atoms with Crippen molar-refractivity contribution in [1.29, 1.82) is 0 Å². The quantitative estimate of drug-likeness (QED) is 0.615. The summed E-state index contributed by atoms with van der Waals surface area (Å²) in [5.74, 6) is -0.958. The molecule has 4 nitrogen and oxygen atoms in total. The molecule has 3 aromatic carbocycles. The van der Waals surface area contributed by atoms with Gasteiger partial charge in [-0.15, -0.1) is 0 Å². The summed E-state index contributed by atoms with van der Waals surface area (Å²) in [6, 6.07) is 25.7. The predicted octanol–water partition coefficient (Wildman–Crippen LogP) is 4.61. The largest absolute Gasteiger partial charge is 0.479 e. The zero-order chi connectivity index (χ0) is 19.1. The lowest BCUT2D eigenvalue weighted by Gasteiger charge is -2.17. The molecule has 0 unspecified atom stereocenters. The summed E-state index contributed by atoms with van der Waals surface area (Å²) < 4.78 is 5.68. The van der Waals surface area contributed by atoms with Gasteiger partial charge in [0.15, 0.2) is 6.10 Å². The first-order valence-corrected chi connectivity index (χ1v) is 8.92. The molecule has 2 N–H and O–H groups in total. The Morgan fingerprint density at radius 3 is 2.26 bits per heavy atom. The van der Waals surface area contributed by atoms with Gasteiger partial charge < -0.3 is 15.2 Å². The lowest BCUT2D eigenvalue weighted by molar-refractivity contribution is -0.151. The van der Waals surface area contributed by atoms with Crippen molar-refractivity contribution in [3.05, 3.63) is 90.0 Å². The molecule has 0 saturated heterocycles. The minimum absolute atomic E-state index is 0.273. The molecule has 0 heterocycles. The molecule has 3 rings (SSSR count). The fraction of sp³-hybridized carbons (Fsp3) is 0.174. The van der Waals surface area contributed by atoms with Gasteiger partial charge >= 0.3 is 5.97 Å². The topological polar surface area (TPSA) is 58.6 Å². The molecule has 0 aliphatic heterocycles. The number of anilines is 1. The Morgan fingerprint density at radius 2 is 1.63 bits per heavy atom. The van der Waals surface area contributed by atoms with Crippen molar-refractivity contribution in [2.75, 3.05) is 12.4 Å². The molecule has 0 radical (unpaired) electrons. The first kappa shape index (κ1) is 18.7. The SMILES string of the molecule is CNc1cc(-c2ccccc2)ccc1C[C@H](OCc1ccccc1)C(=O)O. The molecule has 0 aliphatic carbocycles. The Morgan fingerprint density at radius 1 is 0.963 bits per heavy atom. The van der Waals surface area contributed by atoms with E-state index < -0.39 is 12.1 Å². The van der Waals surface area contributed by atoms with Gasteiger partial charge in [-0.25, -0.2) is 4.79 Å². The highest BCUT2D eigenvalue weighted by Crippen LogP contribution is 2.27. The standard InChI is InChI=1S/C23H23NO3/c1-24-21-14-19(18-10-6-3-7-11-18)12-13-20(21)15-22(23(25)26)27-16-17-8-4-2-5-9-17/h2-14,22,24H,15-16H2,1H3,(H,25,26)/t22-/m0/s1. The van der Waals surface area contributed by atoms with E-state index in [2.05, 4.69) is 17.4 Å². The van der Waals surface area contributed by atoms with E-state index in [9.17, 15) is 9.90 Å². The van der Waals surface area contributed by atoms with Crippen molar-refractivity contribution in [1.82, 2.24) is 0 Å². The zero-order valence-corrected chi connectivity index (χ0v) is 15.3. The molecular formula is C23H23NO3. The summed E-state index contributed by atoms with van der Waals surface area (Å²) in [5.41, 5.74) is 4.98. The van der Waals surface area contributed by atoms with Crippen molar-refractivity contribution < 1.29 is 14.6 Å². The van der Waals surface area contributed by atoms with Crippen molar-refractivity contribution in [3.63, 3.8) is 0 Å². The van der Waals surface area contributed by atoms with Crippen LogP contribution in [0.2, 0.25) is 0 Å². The van der Waals surface area contributed by atoms with Crippen molar-refractivity contribution in [3.8, 4) is 11.1 Å². The van der Waals surface area contributed by atoms with E-state index in [0.717, 1.165) is 27.9 Å². The second-order valence-corrected chi connectivity index (χ2v) is 6.32. The van der Waals surface area contributed by atoms with Gasteiger partial charge in [0.2, 0.25) is 0 Å². The van der Waals surface area contributed by atoms with Crippen LogP contribution in [0.4, 0.5) is 5.69 Å². The zero-order valence-electron chi connectivity index (χ0n) is 15.3. The number of carbonyl (C=O) groups is 1. The monoisotopic (exact) mass is 361 g/mol. The van der Waals surface area contributed by atoms with Crippen LogP contribution in [0.15, 0.2) is 78.9 Å². The van der Waals surface area contributed by atoms with Crippen LogP contribution in [0.5, 0.6) is 0 Å². The molecule has 0 saturated carbocycles. The van der Waals surface area contributed by atoms with Crippen LogP contribution >= 0.6 is 0 Å². The molecule has 0 aromatic heterocycles. The molecule has 0 amide bonds. The normalized spacial score (nSPS) is 11.7. The van der Waals surface area contributed by atoms with Gasteiger partial charge in [-0.05, 0) is 28.3 Å². The first-order chi connectivity index (χ1) is 13.2. The van der Waals surface area contributed by atoms with Gasteiger partial charge in [0.05, 0.1) is 6.61 Å². The predicted molar refractivity (Wildman–Crippen MR) is 108 cm³/mol. The van der Waals surface area contributed by atoms with E-state index in [4.69, 9.17) is 4.74 Å². The number of carboxylic acid groups (broad SMARTS) is 1. The maximum atomic E-state index is 11.7. The van der Waals surface area contributed by atoms with Crippen molar-refractivity contribution in [2.45, 2.75) is 19.1 Å². The van der Waals surface area contributed by atoms with Crippen LogP contribution in [-0.4, -0.2) is 24.2 Å². The molecule has 0 aliphatic rings. The number of aliphatic carboxylic acids is 1. The molecule has 0 spiro atoms. The lowest BCUT2D eigenvalue weighted by atomic mass is 9.99. The van der Waals surface area contributed by atoms with Gasteiger partial charge in [0.1, 0.15) is 0 Å². The minimum Gasteiger partial charge on any atom is -0.479 e. The van der Waals surface area contributed by atoms with Crippen LogP contribution in [0.3, 0.4) is 0 Å². The van der Waals surface area contributed by atoms with Crippen LogP contribution in [0, 0.1) is 0 Å². The molecule has 3 aromatic rings. The highest BCUT2D eigenvalue weighted by Gasteiger charge is 2.20. The fourth-order valence-corrected chi connectivity index (χ4v) is 2.99. The second kappa shape index (κ2) is 9.01. The summed E-state index contributed by atoms with van der Waals surface area (Å²) in [4.78, 5) is 11.7. The van der Waals surface area contributed by atoms with Crippen molar-refractivity contribution in [2.24, 2.45) is 0 Å². The van der Waals surface area contributed by atoms with E-state index in [0.29, 0.717) is 6.42 Å². The number of nitrogens with one attached hydrogen (secondary N) is 1. The summed E-state index contributed by atoms with van der Waals surface area (Å²) in [7, 11) is 1.84. The molecule has 0 bridgehead atoms. The highest BCUT2D eigenvalue weighted by atomic mass is 16.5. The van der Waals surface area contributed by atoms with Gasteiger partial charge in [-0.1, -0.05) is 72.8 Å². The number of ether oxygens (including phenoxy) is 1. The van der Waals surface area contributed by atoms with Gasteiger partial charge in [0, 0.05) is 19.2 Å². The van der Waals surface area contributed by atoms with E-state index in [1.54, 1.807) is 0 Å². The average Bonchev–Trinajstić information content (AvgIpc) is 2.72. The van der Waals surface area contributed by atoms with Gasteiger partial charge in [-0.3, -0.25) is 0 Å². The van der Waals surface area contributed by atoms with Crippen LogP contribution in [0.1, 0.15) is 11.1 Å². The Labute approximate surface area is 159 Å². The molecule has 4 heteroatoms. The molecule has 138 valence electrons. The molecule has 1 atom stereocenters. The van der Waals surface area contributed by atoms with E-state index in [1.165, 1.54) is 0 Å². The van der Waals surface area contributed by atoms with Crippen molar-refractivity contribution >= 4 is 11.7 Å². The smallest absolute Gasteiger partial charge is 0.333 e. The number of rotatable bonds is 8. The van der Waals surface area contributed by atoms with Gasteiger partial charge in [0.25, 0.3) is 0 Å². The summed E-state index contributed by atoms with van der Waals surface area (Å²) in [5, 5.41) is 12.7. The lowest BCUT2D eigenvalue weighted by Crippen LogP contribution is -2.26. The molecule has 27 heavy (non-hydrogen) atoms.